The van der Waals surface area contributed by atoms with Crippen LogP contribution in [0, 0.1) is 0 Å². The van der Waals surface area contributed by atoms with Crippen molar-refractivity contribution < 1.29 is 4.79 Å². The van der Waals surface area contributed by atoms with Crippen LogP contribution in [0.15, 0.2) is 42.5 Å². The number of carbonyl (C=O) groups excluding carboxylic acids is 1. The van der Waals surface area contributed by atoms with Crippen molar-refractivity contribution in [1.29, 1.82) is 0 Å². The van der Waals surface area contributed by atoms with Gasteiger partial charge in [-0.3, -0.25) is 4.79 Å². The van der Waals surface area contributed by atoms with Gasteiger partial charge in [0.25, 0.3) is 5.91 Å². The zero-order chi connectivity index (χ0) is 19.5. The quantitative estimate of drug-likeness (QED) is 0.690. The molecule has 0 saturated carbocycles. The van der Waals surface area contributed by atoms with E-state index in [0.717, 1.165) is 35.5 Å². The fourth-order valence-corrected chi connectivity index (χ4v) is 4.06. The average Bonchev–Trinajstić information content (AvgIpc) is 3.02. The lowest BCUT2D eigenvalue weighted by Gasteiger charge is -2.26. The third-order valence-electron chi connectivity index (χ3n) is 5.45. The van der Waals surface area contributed by atoms with E-state index in [0.29, 0.717) is 10.6 Å². The molecule has 0 spiro atoms. The summed E-state index contributed by atoms with van der Waals surface area (Å²) in [6.45, 7) is 3.44. The van der Waals surface area contributed by atoms with Gasteiger partial charge in [0, 0.05) is 25.7 Å². The first-order valence-corrected chi connectivity index (χ1v) is 10.2. The van der Waals surface area contributed by atoms with Gasteiger partial charge in [0.2, 0.25) is 0 Å². The number of halogens is 1. The summed E-state index contributed by atoms with van der Waals surface area (Å²) in [5.74, 6) is 0.862. The molecule has 0 radical (unpaired) electrons. The monoisotopic (exact) mass is 396 g/mol. The van der Waals surface area contributed by atoms with Crippen LogP contribution in [0.1, 0.15) is 35.4 Å². The minimum atomic E-state index is -0.216. The summed E-state index contributed by atoms with van der Waals surface area (Å²) in [4.78, 5) is 19.8. The molecule has 28 heavy (non-hydrogen) atoms. The van der Waals surface area contributed by atoms with E-state index in [2.05, 4.69) is 21.8 Å². The second-order valence-corrected chi connectivity index (χ2v) is 7.78. The van der Waals surface area contributed by atoms with Gasteiger partial charge >= 0.3 is 0 Å². The summed E-state index contributed by atoms with van der Waals surface area (Å²) in [6, 6.07) is 12.9. The van der Waals surface area contributed by atoms with Crippen LogP contribution in [0.4, 0.5) is 5.69 Å². The van der Waals surface area contributed by atoms with Gasteiger partial charge in [0.05, 0.1) is 21.6 Å². The lowest BCUT2D eigenvalue weighted by atomic mass is 10.1. The van der Waals surface area contributed by atoms with Crippen LogP contribution in [0.2, 0.25) is 5.02 Å². The summed E-state index contributed by atoms with van der Waals surface area (Å²) in [6.07, 6.45) is 4.89. The van der Waals surface area contributed by atoms with Gasteiger partial charge in [0.15, 0.2) is 0 Å². The molecule has 0 unspecified atom stereocenters. The highest BCUT2D eigenvalue weighted by Crippen LogP contribution is 2.22. The third-order valence-corrected chi connectivity index (χ3v) is 5.78. The SMILES string of the molecule is Cn1c(CCN2CCCCC2)nc2cc(NC(=O)c3ccccc3Cl)ccc21. The number of rotatable bonds is 5. The maximum Gasteiger partial charge on any atom is 0.257 e. The summed E-state index contributed by atoms with van der Waals surface area (Å²) in [5.41, 5.74) is 3.16. The van der Waals surface area contributed by atoms with Crippen molar-refractivity contribution in [3.8, 4) is 0 Å². The molecule has 1 aliphatic rings. The fraction of sp³-hybridized carbons (Fsp3) is 0.364. The molecule has 1 amide bonds. The van der Waals surface area contributed by atoms with Crippen LogP contribution in [0.5, 0.6) is 0 Å². The normalized spacial score (nSPS) is 15.1. The largest absolute Gasteiger partial charge is 0.331 e. The van der Waals surface area contributed by atoms with E-state index in [9.17, 15) is 4.79 Å². The molecule has 6 heteroatoms. The highest BCUT2D eigenvalue weighted by atomic mass is 35.5. The van der Waals surface area contributed by atoms with Gasteiger partial charge in [0.1, 0.15) is 5.82 Å². The van der Waals surface area contributed by atoms with Crippen LogP contribution < -0.4 is 5.32 Å². The Morgan fingerprint density at radius 3 is 2.71 bits per heavy atom. The predicted octanol–water partition coefficient (Wildman–Crippen LogP) is 4.51. The molecule has 5 nitrogen and oxygen atoms in total. The molecular weight excluding hydrogens is 372 g/mol. The van der Waals surface area contributed by atoms with Crippen molar-refractivity contribution >= 4 is 34.2 Å². The molecule has 3 aromatic rings. The number of nitrogens with one attached hydrogen (secondary N) is 1. The van der Waals surface area contributed by atoms with E-state index in [1.165, 1.54) is 32.4 Å². The van der Waals surface area contributed by atoms with Crippen molar-refractivity contribution in [3.05, 3.63) is 58.9 Å². The summed E-state index contributed by atoms with van der Waals surface area (Å²) in [5, 5.41) is 3.37. The number of benzene rings is 2. The number of hydrogen-bond donors (Lipinski definition) is 1. The van der Waals surface area contributed by atoms with Crippen LogP contribution >= 0.6 is 11.6 Å². The molecule has 146 valence electrons. The number of aromatic nitrogens is 2. The zero-order valence-corrected chi connectivity index (χ0v) is 16.9. The zero-order valence-electron chi connectivity index (χ0n) is 16.1. The molecule has 4 rings (SSSR count). The van der Waals surface area contributed by atoms with Gasteiger partial charge in [-0.25, -0.2) is 4.98 Å². The topological polar surface area (TPSA) is 50.2 Å². The number of piperidine rings is 1. The standard InChI is InChI=1S/C22H25ClN4O/c1-26-20-10-9-16(24-22(28)17-7-3-4-8-18(17)23)15-19(20)25-21(26)11-14-27-12-5-2-6-13-27/h3-4,7-10,15H,2,5-6,11-14H2,1H3,(H,24,28). The molecular formula is C22H25ClN4O. The number of imidazole rings is 1. The minimum absolute atomic E-state index is 0.216. The number of hydrogen-bond acceptors (Lipinski definition) is 3. The smallest absolute Gasteiger partial charge is 0.257 e. The summed E-state index contributed by atoms with van der Waals surface area (Å²) in [7, 11) is 2.06. The Bertz CT molecular complexity index is 991. The van der Waals surface area contributed by atoms with Gasteiger partial charge in [-0.05, 0) is 56.3 Å². The summed E-state index contributed by atoms with van der Waals surface area (Å²) < 4.78 is 2.15. The Morgan fingerprint density at radius 1 is 1.14 bits per heavy atom. The van der Waals surface area contributed by atoms with E-state index in [1.807, 2.05) is 24.3 Å². The Balaban J connectivity index is 1.49. The van der Waals surface area contributed by atoms with Crippen LogP contribution in [-0.2, 0) is 13.5 Å². The molecule has 0 atom stereocenters. The maximum absolute atomic E-state index is 12.5. The first-order valence-electron chi connectivity index (χ1n) is 9.85. The molecule has 0 aliphatic carbocycles. The van der Waals surface area contributed by atoms with E-state index in [1.54, 1.807) is 18.2 Å². The Kier molecular flexibility index (Phi) is 5.64. The lowest BCUT2D eigenvalue weighted by molar-refractivity contribution is 0.102. The van der Waals surface area contributed by atoms with Crippen LogP contribution in [0.25, 0.3) is 11.0 Å². The first-order chi connectivity index (χ1) is 13.6. The first kappa shape index (κ1) is 19.0. The second-order valence-electron chi connectivity index (χ2n) is 7.38. The van der Waals surface area contributed by atoms with Crippen molar-refractivity contribution in [2.24, 2.45) is 7.05 Å². The van der Waals surface area contributed by atoms with Crippen LogP contribution in [0.3, 0.4) is 0 Å². The van der Waals surface area contributed by atoms with Gasteiger partial charge in [-0.1, -0.05) is 30.2 Å². The number of carbonyl (C=O) groups is 1. The van der Waals surface area contributed by atoms with Crippen molar-refractivity contribution in [2.45, 2.75) is 25.7 Å². The molecule has 1 aliphatic heterocycles. The van der Waals surface area contributed by atoms with Crippen LogP contribution in [-0.4, -0.2) is 40.0 Å². The number of nitrogens with zero attached hydrogens (tertiary/aromatic N) is 3. The maximum atomic E-state index is 12.5. The number of anilines is 1. The summed E-state index contributed by atoms with van der Waals surface area (Å²) >= 11 is 6.12. The Labute approximate surface area is 170 Å². The number of aryl methyl sites for hydroxylation is 1. The molecule has 2 heterocycles. The molecule has 1 aromatic heterocycles. The Hall–Kier alpha value is -2.37. The van der Waals surface area contributed by atoms with Crippen molar-refractivity contribution in [3.63, 3.8) is 0 Å². The highest BCUT2D eigenvalue weighted by Gasteiger charge is 2.14. The second kappa shape index (κ2) is 8.33. The highest BCUT2D eigenvalue weighted by molar-refractivity contribution is 6.34. The van der Waals surface area contributed by atoms with E-state index < -0.39 is 0 Å². The van der Waals surface area contributed by atoms with Gasteiger partial charge in [-0.15, -0.1) is 0 Å². The predicted molar refractivity (Wildman–Crippen MR) is 114 cm³/mol. The molecule has 1 saturated heterocycles. The minimum Gasteiger partial charge on any atom is -0.331 e. The van der Waals surface area contributed by atoms with Crippen molar-refractivity contribution in [1.82, 2.24) is 14.5 Å². The molecule has 2 aromatic carbocycles. The van der Waals surface area contributed by atoms with Crippen molar-refractivity contribution in [2.75, 3.05) is 25.0 Å². The van der Waals surface area contributed by atoms with E-state index in [-0.39, 0.29) is 5.91 Å². The van der Waals surface area contributed by atoms with E-state index in [4.69, 9.17) is 16.6 Å². The Morgan fingerprint density at radius 2 is 1.93 bits per heavy atom. The lowest BCUT2D eigenvalue weighted by Crippen LogP contribution is -2.31. The fourth-order valence-electron chi connectivity index (χ4n) is 3.84. The number of fused-ring (bicyclic) bond motifs is 1. The number of likely N-dealkylation sites (tertiary alicyclic amines) is 1. The molecule has 1 N–H and O–H groups in total. The van der Waals surface area contributed by atoms with E-state index >= 15 is 0 Å². The van der Waals surface area contributed by atoms with Gasteiger partial charge < -0.3 is 14.8 Å². The van der Waals surface area contributed by atoms with Gasteiger partial charge in [-0.2, -0.15) is 0 Å². The average molecular weight is 397 g/mol. The molecule has 0 bridgehead atoms. The molecule has 1 fully saturated rings. The number of amides is 1. The third kappa shape index (κ3) is 4.05.